The van der Waals surface area contributed by atoms with Crippen LogP contribution in [0.1, 0.15) is 12.8 Å². The highest BCUT2D eigenvalue weighted by molar-refractivity contribution is 7.17. The number of rotatable bonds is 7. The summed E-state index contributed by atoms with van der Waals surface area (Å²) >= 11 is 1.59. The Bertz CT molecular complexity index is 1030. The minimum absolute atomic E-state index is 0.188. The summed E-state index contributed by atoms with van der Waals surface area (Å²) in [5, 5.41) is 8.69. The topological polar surface area (TPSA) is 47.6 Å². The van der Waals surface area contributed by atoms with Gasteiger partial charge in [-0.05, 0) is 55.8 Å². The molecule has 5 nitrogen and oxygen atoms in total. The Hall–Kier alpha value is -2.71. The molecule has 0 bridgehead atoms. The molecule has 1 aliphatic rings. The Labute approximate surface area is 184 Å². The zero-order valence-electron chi connectivity index (χ0n) is 17.2. The second kappa shape index (κ2) is 10.1. The number of hydrogen-bond acceptors (Lipinski definition) is 4. The van der Waals surface area contributed by atoms with Crippen molar-refractivity contribution in [1.29, 1.82) is 0 Å². The van der Waals surface area contributed by atoms with Crippen LogP contribution in [0.2, 0.25) is 0 Å². The molecular weight excluding hydrogens is 418 g/mol. The number of nitrogens with zero attached hydrogens (tertiary/aromatic N) is 2. The summed E-state index contributed by atoms with van der Waals surface area (Å²) in [6.45, 7) is 5.47. The lowest BCUT2D eigenvalue weighted by atomic mass is 10.2. The number of nitrogens with one attached hydrogen (secondary N) is 2. The standard InChI is InChI=1S/C23H26F2N4OS/c24-17-4-3-5-19(14-17)27-23(30)26-8-1-2-9-28-10-12-29(13-11-28)21-16-31-22-15-18(25)6-7-20(21)22/h3-7,14-16H,1-2,8-13H2,(H2,26,27,30). The first kappa shape index (κ1) is 21.5. The van der Waals surface area contributed by atoms with Crippen molar-refractivity contribution in [2.75, 3.05) is 49.5 Å². The molecule has 0 unspecified atom stereocenters. The smallest absolute Gasteiger partial charge is 0.319 e. The van der Waals surface area contributed by atoms with Gasteiger partial charge in [-0.3, -0.25) is 4.90 Å². The Morgan fingerprint density at radius 3 is 2.61 bits per heavy atom. The van der Waals surface area contributed by atoms with E-state index >= 15 is 0 Å². The van der Waals surface area contributed by atoms with Crippen LogP contribution in [0.15, 0.2) is 47.8 Å². The number of thiophene rings is 1. The van der Waals surface area contributed by atoms with Gasteiger partial charge in [0.15, 0.2) is 0 Å². The van der Waals surface area contributed by atoms with E-state index in [1.807, 2.05) is 6.07 Å². The maximum atomic E-state index is 13.4. The number of piperazine rings is 1. The normalized spacial score (nSPS) is 14.7. The van der Waals surface area contributed by atoms with Crippen molar-refractivity contribution < 1.29 is 13.6 Å². The van der Waals surface area contributed by atoms with Gasteiger partial charge in [-0.25, -0.2) is 13.6 Å². The number of benzene rings is 2. The molecule has 1 aromatic heterocycles. The molecular formula is C23H26F2N4OS. The Morgan fingerprint density at radius 2 is 1.81 bits per heavy atom. The van der Waals surface area contributed by atoms with Crippen LogP contribution in [0.4, 0.5) is 25.0 Å². The van der Waals surface area contributed by atoms with Crippen molar-refractivity contribution in [2.24, 2.45) is 0 Å². The first-order valence-electron chi connectivity index (χ1n) is 10.5. The third kappa shape index (κ3) is 5.71. The summed E-state index contributed by atoms with van der Waals surface area (Å²) in [4.78, 5) is 16.7. The summed E-state index contributed by atoms with van der Waals surface area (Å²) in [5.74, 6) is -0.564. The molecule has 0 saturated carbocycles. The lowest BCUT2D eigenvalue weighted by Crippen LogP contribution is -2.46. The highest BCUT2D eigenvalue weighted by atomic mass is 32.1. The van der Waals surface area contributed by atoms with E-state index in [0.717, 1.165) is 55.7 Å². The molecule has 2 N–H and O–H groups in total. The lowest BCUT2D eigenvalue weighted by molar-refractivity contribution is 0.247. The molecule has 2 heterocycles. The highest BCUT2D eigenvalue weighted by Crippen LogP contribution is 2.34. The molecule has 0 radical (unpaired) electrons. The Morgan fingerprint density at radius 1 is 1.00 bits per heavy atom. The van der Waals surface area contributed by atoms with Gasteiger partial charge >= 0.3 is 6.03 Å². The number of fused-ring (bicyclic) bond motifs is 1. The third-order valence-corrected chi connectivity index (χ3v) is 6.43. The second-order valence-electron chi connectivity index (χ2n) is 7.69. The largest absolute Gasteiger partial charge is 0.368 e. The van der Waals surface area contributed by atoms with E-state index in [1.54, 1.807) is 29.5 Å². The van der Waals surface area contributed by atoms with E-state index in [4.69, 9.17) is 0 Å². The summed E-state index contributed by atoms with van der Waals surface area (Å²) in [6.07, 6.45) is 1.89. The molecule has 0 spiro atoms. The molecule has 4 rings (SSSR count). The molecule has 2 amide bonds. The van der Waals surface area contributed by atoms with Crippen LogP contribution in [-0.4, -0.2) is 50.2 Å². The molecule has 1 saturated heterocycles. The van der Waals surface area contributed by atoms with Gasteiger partial charge in [-0.15, -0.1) is 11.3 Å². The third-order valence-electron chi connectivity index (χ3n) is 5.50. The number of hydrogen-bond donors (Lipinski definition) is 2. The number of carbonyl (C=O) groups is 1. The van der Waals surface area contributed by atoms with Gasteiger partial charge in [-0.2, -0.15) is 0 Å². The predicted molar refractivity (Wildman–Crippen MR) is 123 cm³/mol. The lowest BCUT2D eigenvalue weighted by Gasteiger charge is -2.35. The zero-order chi connectivity index (χ0) is 21.6. The van der Waals surface area contributed by atoms with Crippen LogP contribution >= 0.6 is 11.3 Å². The van der Waals surface area contributed by atoms with E-state index in [0.29, 0.717) is 12.2 Å². The predicted octanol–water partition coefficient (Wildman–Crippen LogP) is 4.90. The minimum atomic E-state index is -0.376. The average molecular weight is 445 g/mol. The van der Waals surface area contributed by atoms with Gasteiger partial charge in [0.1, 0.15) is 11.6 Å². The maximum Gasteiger partial charge on any atom is 0.319 e. The summed E-state index contributed by atoms with van der Waals surface area (Å²) in [7, 11) is 0. The molecule has 2 aromatic carbocycles. The van der Waals surface area contributed by atoms with E-state index in [1.165, 1.54) is 23.9 Å². The fourth-order valence-corrected chi connectivity index (χ4v) is 4.84. The Balaban J connectivity index is 1.13. The summed E-state index contributed by atoms with van der Waals surface area (Å²) < 4.78 is 27.5. The molecule has 3 aromatic rings. The number of halogens is 2. The fourth-order valence-electron chi connectivity index (χ4n) is 3.85. The molecule has 164 valence electrons. The van der Waals surface area contributed by atoms with Crippen molar-refractivity contribution >= 4 is 38.8 Å². The zero-order valence-corrected chi connectivity index (χ0v) is 18.1. The van der Waals surface area contributed by atoms with E-state index in [2.05, 4.69) is 25.8 Å². The van der Waals surface area contributed by atoms with Gasteiger partial charge in [0.25, 0.3) is 0 Å². The van der Waals surface area contributed by atoms with Crippen molar-refractivity contribution in [2.45, 2.75) is 12.8 Å². The van der Waals surface area contributed by atoms with Crippen molar-refractivity contribution in [3.63, 3.8) is 0 Å². The average Bonchev–Trinajstić information content (AvgIpc) is 3.17. The van der Waals surface area contributed by atoms with Crippen molar-refractivity contribution in [1.82, 2.24) is 10.2 Å². The molecule has 0 atom stereocenters. The van der Waals surface area contributed by atoms with Crippen LogP contribution in [0.25, 0.3) is 10.1 Å². The van der Waals surface area contributed by atoms with Crippen molar-refractivity contribution in [3.05, 3.63) is 59.5 Å². The van der Waals surface area contributed by atoms with Gasteiger partial charge < -0.3 is 15.5 Å². The minimum Gasteiger partial charge on any atom is -0.368 e. The second-order valence-corrected chi connectivity index (χ2v) is 8.60. The first-order chi connectivity index (χ1) is 15.1. The highest BCUT2D eigenvalue weighted by Gasteiger charge is 2.19. The molecule has 0 aliphatic carbocycles. The first-order valence-corrected chi connectivity index (χ1v) is 11.4. The SMILES string of the molecule is O=C(NCCCCN1CCN(c2csc3cc(F)ccc23)CC1)Nc1cccc(F)c1. The van der Waals surface area contributed by atoms with E-state index in [9.17, 15) is 13.6 Å². The Kier molecular flexibility index (Phi) is 6.99. The van der Waals surface area contributed by atoms with Gasteiger partial charge in [0.05, 0.1) is 5.69 Å². The fraction of sp³-hybridized carbons (Fsp3) is 0.348. The quantitative estimate of drug-likeness (QED) is 0.510. The number of anilines is 2. The number of unbranched alkanes of at least 4 members (excludes halogenated alkanes) is 1. The molecule has 8 heteroatoms. The van der Waals surface area contributed by atoms with Gasteiger partial charge in [0, 0.05) is 53.9 Å². The monoisotopic (exact) mass is 444 g/mol. The van der Waals surface area contributed by atoms with Crippen LogP contribution in [0.5, 0.6) is 0 Å². The molecule has 1 aliphatic heterocycles. The van der Waals surface area contributed by atoms with Crippen LogP contribution in [-0.2, 0) is 0 Å². The summed E-state index contributed by atoms with van der Waals surface area (Å²) in [6, 6.07) is 10.5. The van der Waals surface area contributed by atoms with Gasteiger partial charge in [-0.1, -0.05) is 6.07 Å². The number of carbonyl (C=O) groups excluding carboxylic acids is 1. The van der Waals surface area contributed by atoms with Crippen LogP contribution in [0, 0.1) is 11.6 Å². The van der Waals surface area contributed by atoms with Crippen LogP contribution < -0.4 is 15.5 Å². The maximum absolute atomic E-state index is 13.4. The van der Waals surface area contributed by atoms with Crippen LogP contribution in [0.3, 0.4) is 0 Å². The molecule has 31 heavy (non-hydrogen) atoms. The van der Waals surface area contributed by atoms with E-state index < -0.39 is 0 Å². The number of amides is 2. The van der Waals surface area contributed by atoms with E-state index in [-0.39, 0.29) is 17.7 Å². The van der Waals surface area contributed by atoms with Gasteiger partial charge in [0.2, 0.25) is 0 Å². The molecule has 1 fully saturated rings. The van der Waals surface area contributed by atoms with Crippen molar-refractivity contribution in [3.8, 4) is 0 Å². The number of urea groups is 1. The summed E-state index contributed by atoms with van der Waals surface area (Å²) in [5.41, 5.74) is 1.65.